The lowest BCUT2D eigenvalue weighted by atomic mass is 10.0. The Balaban J connectivity index is 1.97. The van der Waals surface area contributed by atoms with Crippen molar-refractivity contribution >= 4 is 11.9 Å². The summed E-state index contributed by atoms with van der Waals surface area (Å²) < 4.78 is 0. The molecule has 1 aromatic rings. The van der Waals surface area contributed by atoms with Gasteiger partial charge < -0.3 is 15.7 Å². The predicted molar refractivity (Wildman–Crippen MR) is 68.6 cm³/mol. The number of hydrogen-bond acceptors (Lipinski definition) is 4. The zero-order valence-electron chi connectivity index (χ0n) is 10.6. The second-order valence-electron chi connectivity index (χ2n) is 4.36. The Morgan fingerprint density at radius 2 is 2.21 bits per heavy atom. The number of pyridine rings is 1. The standard InChI is InChI=1S/C13H15N3O3/c1-8(10-5-14-6-10)12(17)16-7-11-4-9(13(18)19)2-3-15-11/h2-4,14H,5-7H2,1H3,(H,16,17)(H,18,19). The molecule has 1 aliphatic heterocycles. The highest BCUT2D eigenvalue weighted by atomic mass is 16.4. The lowest BCUT2D eigenvalue weighted by Gasteiger charge is -2.21. The van der Waals surface area contributed by atoms with Gasteiger partial charge in [-0.15, -0.1) is 0 Å². The summed E-state index contributed by atoms with van der Waals surface area (Å²) in [5, 5.41) is 14.7. The third kappa shape index (κ3) is 3.17. The molecule has 0 atom stereocenters. The molecule has 0 aliphatic carbocycles. The molecule has 6 nitrogen and oxygen atoms in total. The lowest BCUT2D eigenvalue weighted by molar-refractivity contribution is -0.117. The fraction of sp³-hybridized carbons (Fsp3) is 0.308. The summed E-state index contributed by atoms with van der Waals surface area (Å²) in [6, 6.07) is 2.87. The molecular weight excluding hydrogens is 246 g/mol. The van der Waals surface area contributed by atoms with Gasteiger partial charge in [-0.05, 0) is 24.6 Å². The van der Waals surface area contributed by atoms with Crippen LogP contribution < -0.4 is 10.6 Å². The van der Waals surface area contributed by atoms with E-state index >= 15 is 0 Å². The summed E-state index contributed by atoms with van der Waals surface area (Å²) in [6.07, 6.45) is 1.42. The zero-order chi connectivity index (χ0) is 13.8. The van der Waals surface area contributed by atoms with E-state index in [9.17, 15) is 9.59 Å². The van der Waals surface area contributed by atoms with Crippen LogP contribution in [0.1, 0.15) is 23.0 Å². The fourth-order valence-corrected chi connectivity index (χ4v) is 1.69. The van der Waals surface area contributed by atoms with Gasteiger partial charge in [-0.2, -0.15) is 0 Å². The minimum absolute atomic E-state index is 0.140. The largest absolute Gasteiger partial charge is 0.478 e. The van der Waals surface area contributed by atoms with E-state index in [0.29, 0.717) is 11.3 Å². The number of nitrogens with one attached hydrogen (secondary N) is 2. The van der Waals surface area contributed by atoms with E-state index in [-0.39, 0.29) is 18.0 Å². The molecule has 2 heterocycles. The van der Waals surface area contributed by atoms with Crippen molar-refractivity contribution in [2.75, 3.05) is 13.1 Å². The first kappa shape index (κ1) is 13.2. The third-order valence-corrected chi connectivity index (χ3v) is 3.04. The molecule has 0 spiro atoms. The van der Waals surface area contributed by atoms with Crippen molar-refractivity contribution in [2.24, 2.45) is 0 Å². The molecule has 6 heteroatoms. The Labute approximate surface area is 110 Å². The monoisotopic (exact) mass is 261 g/mol. The van der Waals surface area contributed by atoms with Crippen LogP contribution >= 0.6 is 0 Å². The molecule has 3 N–H and O–H groups in total. The number of carbonyl (C=O) groups excluding carboxylic acids is 1. The molecule has 0 aromatic carbocycles. The highest BCUT2D eigenvalue weighted by molar-refractivity contribution is 5.94. The first-order valence-electron chi connectivity index (χ1n) is 5.93. The summed E-state index contributed by atoms with van der Waals surface area (Å²) in [5.41, 5.74) is 2.51. The molecule has 100 valence electrons. The quantitative estimate of drug-likeness (QED) is 0.679. The van der Waals surface area contributed by atoms with Gasteiger partial charge in [0.05, 0.1) is 17.8 Å². The van der Waals surface area contributed by atoms with Gasteiger partial charge in [-0.3, -0.25) is 9.78 Å². The van der Waals surface area contributed by atoms with Gasteiger partial charge in [0.15, 0.2) is 0 Å². The second kappa shape index (κ2) is 5.62. The van der Waals surface area contributed by atoms with E-state index in [2.05, 4.69) is 15.6 Å². The molecule has 2 rings (SSSR count). The normalized spacial score (nSPS) is 13.6. The summed E-state index contributed by atoms with van der Waals surface area (Å²) in [7, 11) is 0. The molecule has 0 saturated carbocycles. The number of amides is 1. The van der Waals surface area contributed by atoms with Gasteiger partial charge in [0.1, 0.15) is 0 Å². The maximum atomic E-state index is 11.8. The van der Waals surface area contributed by atoms with Gasteiger partial charge in [0, 0.05) is 24.9 Å². The van der Waals surface area contributed by atoms with Crippen molar-refractivity contribution in [3.05, 3.63) is 40.7 Å². The van der Waals surface area contributed by atoms with Crippen molar-refractivity contribution in [3.63, 3.8) is 0 Å². The van der Waals surface area contributed by atoms with Crippen LogP contribution in [0, 0.1) is 0 Å². The summed E-state index contributed by atoms with van der Waals surface area (Å²) >= 11 is 0. The number of aromatic nitrogens is 1. The SMILES string of the molecule is CC(C(=O)NCc1cc(C(=O)O)ccn1)=C1CNC1. The average Bonchev–Trinajstić information content (AvgIpc) is 2.34. The van der Waals surface area contributed by atoms with E-state index in [0.717, 1.165) is 18.7 Å². The van der Waals surface area contributed by atoms with Crippen LogP contribution in [0.4, 0.5) is 0 Å². The number of nitrogens with zero attached hydrogens (tertiary/aromatic N) is 1. The van der Waals surface area contributed by atoms with Gasteiger partial charge >= 0.3 is 5.97 Å². The number of rotatable bonds is 4. The fourth-order valence-electron chi connectivity index (χ4n) is 1.69. The average molecular weight is 261 g/mol. The molecule has 1 aromatic heterocycles. The van der Waals surface area contributed by atoms with Crippen LogP contribution in [0.2, 0.25) is 0 Å². The van der Waals surface area contributed by atoms with Gasteiger partial charge in [-0.25, -0.2) is 4.79 Å². The Hall–Kier alpha value is -2.21. The van der Waals surface area contributed by atoms with E-state index in [1.165, 1.54) is 18.3 Å². The minimum Gasteiger partial charge on any atom is -0.478 e. The molecule has 19 heavy (non-hydrogen) atoms. The van der Waals surface area contributed by atoms with Crippen LogP contribution in [0.15, 0.2) is 29.5 Å². The van der Waals surface area contributed by atoms with Crippen LogP contribution in [0.25, 0.3) is 0 Å². The zero-order valence-corrected chi connectivity index (χ0v) is 10.6. The molecule has 1 fully saturated rings. The van der Waals surface area contributed by atoms with Crippen LogP contribution in [0.3, 0.4) is 0 Å². The van der Waals surface area contributed by atoms with Crippen LogP contribution in [-0.4, -0.2) is 35.1 Å². The number of carboxylic acids is 1. The molecule has 1 aliphatic rings. The maximum Gasteiger partial charge on any atom is 0.335 e. The third-order valence-electron chi connectivity index (χ3n) is 3.04. The highest BCUT2D eigenvalue weighted by Gasteiger charge is 2.15. The Morgan fingerprint density at radius 3 is 2.79 bits per heavy atom. The van der Waals surface area contributed by atoms with Gasteiger partial charge in [-0.1, -0.05) is 0 Å². The smallest absolute Gasteiger partial charge is 0.335 e. The molecule has 0 unspecified atom stereocenters. The van der Waals surface area contributed by atoms with Crippen molar-refractivity contribution < 1.29 is 14.7 Å². The molecule has 1 amide bonds. The van der Waals surface area contributed by atoms with Crippen molar-refractivity contribution in [2.45, 2.75) is 13.5 Å². The minimum atomic E-state index is -1.01. The van der Waals surface area contributed by atoms with Crippen molar-refractivity contribution in [1.29, 1.82) is 0 Å². The van der Waals surface area contributed by atoms with E-state index < -0.39 is 5.97 Å². The van der Waals surface area contributed by atoms with E-state index in [1.807, 2.05) is 0 Å². The van der Waals surface area contributed by atoms with E-state index in [4.69, 9.17) is 5.11 Å². The summed E-state index contributed by atoms with van der Waals surface area (Å²) in [5.74, 6) is -1.15. The van der Waals surface area contributed by atoms with Gasteiger partial charge in [0.25, 0.3) is 0 Å². The molecule has 1 saturated heterocycles. The van der Waals surface area contributed by atoms with E-state index in [1.54, 1.807) is 6.92 Å². The Kier molecular flexibility index (Phi) is 3.91. The molecular formula is C13H15N3O3. The molecule has 0 radical (unpaired) electrons. The van der Waals surface area contributed by atoms with Crippen LogP contribution in [0.5, 0.6) is 0 Å². The highest BCUT2D eigenvalue weighted by Crippen LogP contribution is 2.09. The number of aromatic carboxylic acids is 1. The summed E-state index contributed by atoms with van der Waals surface area (Å²) in [6.45, 7) is 3.52. The first-order valence-corrected chi connectivity index (χ1v) is 5.93. The summed E-state index contributed by atoms with van der Waals surface area (Å²) in [4.78, 5) is 26.7. The number of carbonyl (C=O) groups is 2. The molecule has 0 bridgehead atoms. The Bertz CT molecular complexity index is 546. The maximum absolute atomic E-state index is 11.8. The van der Waals surface area contributed by atoms with Crippen molar-refractivity contribution in [3.8, 4) is 0 Å². The topological polar surface area (TPSA) is 91.3 Å². The predicted octanol–water partition coefficient (Wildman–Crippen LogP) is 0.316. The second-order valence-corrected chi connectivity index (χ2v) is 4.36. The van der Waals surface area contributed by atoms with Crippen molar-refractivity contribution in [1.82, 2.24) is 15.6 Å². The number of hydrogen-bond donors (Lipinski definition) is 3. The lowest BCUT2D eigenvalue weighted by Crippen LogP contribution is -2.37. The Morgan fingerprint density at radius 1 is 1.47 bits per heavy atom. The van der Waals surface area contributed by atoms with Gasteiger partial charge in [0.2, 0.25) is 5.91 Å². The first-order chi connectivity index (χ1) is 9.08. The van der Waals surface area contributed by atoms with Crippen LogP contribution in [-0.2, 0) is 11.3 Å². The number of carboxylic acid groups (broad SMARTS) is 1.